The predicted molar refractivity (Wildman–Crippen MR) is 240 cm³/mol. The smallest absolute Gasteiger partial charge is 0.313 e. The van der Waals surface area contributed by atoms with Gasteiger partial charge < -0.3 is 50.7 Å². The van der Waals surface area contributed by atoms with Crippen LogP contribution >= 0.6 is 0 Å². The van der Waals surface area contributed by atoms with Gasteiger partial charge in [0.1, 0.15) is 23.0 Å². The Bertz CT molecular complexity index is 1950. The van der Waals surface area contributed by atoms with Crippen molar-refractivity contribution in [1.82, 2.24) is 0 Å². The molecule has 0 amide bonds. The third-order valence-electron chi connectivity index (χ3n) is 14.2. The third-order valence-corrected chi connectivity index (χ3v) is 14.2. The average molecular weight is 899 g/mol. The van der Waals surface area contributed by atoms with E-state index in [1.807, 2.05) is 0 Å². The molecule has 0 spiro atoms. The molecule has 0 heterocycles. The number of rotatable bonds is 32. The zero-order chi connectivity index (χ0) is 47.5. The molecule has 0 aliphatic heterocycles. The number of carboxylic acid groups (broad SMARTS) is 4. The molecule has 0 aromatic heterocycles. The molecule has 2 unspecified atom stereocenters. The molecule has 2 atom stereocenters. The van der Waals surface area contributed by atoms with Gasteiger partial charge in [-0.1, -0.05) is 64.2 Å². The molecule has 2 aromatic carbocycles. The van der Waals surface area contributed by atoms with E-state index in [1.165, 1.54) is 6.07 Å². The molecule has 2 fully saturated rings. The summed E-state index contributed by atoms with van der Waals surface area (Å²) in [5.41, 5.74) is -1.16. The van der Waals surface area contributed by atoms with E-state index in [-0.39, 0.29) is 29.4 Å². The third kappa shape index (κ3) is 13.6. The van der Waals surface area contributed by atoms with Gasteiger partial charge in [0.15, 0.2) is 23.0 Å². The number of hydrogen-bond acceptors (Lipinski definition) is 10. The van der Waals surface area contributed by atoms with Crippen LogP contribution in [0, 0.1) is 21.7 Å². The van der Waals surface area contributed by atoms with Gasteiger partial charge >= 0.3 is 23.9 Å². The van der Waals surface area contributed by atoms with Gasteiger partial charge in [0.25, 0.3) is 0 Å². The van der Waals surface area contributed by atoms with Crippen molar-refractivity contribution in [2.24, 2.45) is 21.7 Å². The van der Waals surface area contributed by atoms with Crippen molar-refractivity contribution >= 4 is 23.9 Å². The molecule has 9 N–H and O–H groups in total. The summed E-state index contributed by atoms with van der Waals surface area (Å²) in [5, 5.41) is 92.6. The number of unbranched alkanes of at least 4 members (excludes halogenated alkanes) is 10. The van der Waals surface area contributed by atoms with Crippen LogP contribution in [0.4, 0.5) is 0 Å². The Labute approximate surface area is 377 Å². The Morgan fingerprint density at radius 2 is 0.953 bits per heavy atom. The Kier molecular flexibility index (Phi) is 18.1. The molecule has 0 bridgehead atoms. The van der Waals surface area contributed by atoms with Crippen LogP contribution in [0.2, 0.25) is 0 Å². The molecule has 64 heavy (non-hydrogen) atoms. The van der Waals surface area contributed by atoms with Crippen molar-refractivity contribution in [2.75, 3.05) is 0 Å². The first kappa shape index (κ1) is 51.8. The molecule has 2 aliphatic rings. The summed E-state index contributed by atoms with van der Waals surface area (Å²) >= 11 is 0. The number of phenolic OH excluding ortho intramolecular Hbond substituents is 5. The molecule has 14 nitrogen and oxygen atoms in total. The van der Waals surface area contributed by atoms with E-state index in [2.05, 4.69) is 0 Å². The van der Waals surface area contributed by atoms with E-state index in [1.54, 1.807) is 27.7 Å². The lowest BCUT2D eigenvalue weighted by Gasteiger charge is -2.20. The topological polar surface area (TPSA) is 260 Å². The summed E-state index contributed by atoms with van der Waals surface area (Å²) in [5.74, 6) is -4.51. The number of benzene rings is 2. The van der Waals surface area contributed by atoms with Crippen molar-refractivity contribution in [1.29, 1.82) is 0 Å². The minimum Gasteiger partial charge on any atom is -0.508 e. The van der Waals surface area contributed by atoms with Crippen molar-refractivity contribution in [3.63, 3.8) is 0 Å². The lowest BCUT2D eigenvalue weighted by atomic mass is 9.87. The number of ether oxygens (including phenoxy) is 1. The molecule has 2 aromatic rings. The number of aromatic hydroxyl groups is 5. The summed E-state index contributed by atoms with van der Waals surface area (Å²) in [4.78, 5) is 47.4. The Hall–Kier alpha value is -4.88. The fraction of sp³-hybridized carbons (Fsp3) is 0.680. The van der Waals surface area contributed by atoms with E-state index in [0.29, 0.717) is 131 Å². The van der Waals surface area contributed by atoms with Gasteiger partial charge in [-0.15, -0.1) is 0 Å². The fourth-order valence-electron chi connectivity index (χ4n) is 9.08. The number of carboxylic acids is 4. The van der Waals surface area contributed by atoms with Crippen molar-refractivity contribution in [2.45, 2.75) is 194 Å². The highest BCUT2D eigenvalue weighted by atomic mass is 16.5. The zero-order valence-corrected chi connectivity index (χ0v) is 38.5. The van der Waals surface area contributed by atoms with E-state index in [0.717, 1.165) is 57.4 Å². The predicted octanol–water partition coefficient (Wildman–Crippen LogP) is 10.4. The molecule has 0 radical (unpaired) electrons. The number of phenols is 5. The van der Waals surface area contributed by atoms with Crippen LogP contribution in [0.15, 0.2) is 12.1 Å². The Balaban J connectivity index is 1.37. The molecule has 0 saturated heterocycles. The minimum absolute atomic E-state index is 0.120. The maximum atomic E-state index is 12.8. The SMILES string of the molecule is CC(C)(CCCCCCc1c(OC2CC2(CCCCCc2c(O)cc(O)c(O)c2CCCCCCC(C)(C)C(=O)O)C(=O)O)cc(O)c(O)c1CCCCCC1(C(=O)O)CC1)C(=O)O. The maximum Gasteiger partial charge on any atom is 0.313 e. The number of aliphatic carboxylic acids is 4. The zero-order valence-electron chi connectivity index (χ0n) is 38.5. The Morgan fingerprint density at radius 3 is 1.42 bits per heavy atom. The summed E-state index contributed by atoms with van der Waals surface area (Å²) in [6.07, 6.45) is 14.5. The minimum atomic E-state index is -1.16. The van der Waals surface area contributed by atoms with E-state index in [9.17, 15) is 65.1 Å². The van der Waals surface area contributed by atoms with E-state index >= 15 is 0 Å². The second-order valence-electron chi connectivity index (χ2n) is 20.1. The van der Waals surface area contributed by atoms with Gasteiger partial charge in [-0.3, -0.25) is 19.2 Å². The van der Waals surface area contributed by atoms with Crippen LogP contribution in [-0.2, 0) is 44.9 Å². The first-order valence-electron chi connectivity index (χ1n) is 23.5. The summed E-state index contributed by atoms with van der Waals surface area (Å²) in [6, 6.07) is 2.48. The molecular weight excluding hydrogens is 825 g/mol. The molecule has 14 heteroatoms. The standard InChI is InChI=1S/C50H74O14/c1-47(2,43(56)57)23-15-7-5-11-20-33-35(22-14-9-17-25-49(27-28-49)45(60)61)42(55)38(53)30-39(33)64-40-31-50(40,46(62)63)26-18-10-13-19-32-34(41(54)37(52)29-36(32)51)21-12-6-8-16-24-48(3,4)44(58)59/h29-30,40,51-55H,5-28,31H2,1-4H3,(H,56,57)(H,58,59)(H,60,61)(H,62,63). The van der Waals surface area contributed by atoms with Gasteiger partial charge in [-0.05, 0) is 118 Å². The lowest BCUT2D eigenvalue weighted by molar-refractivity contribution is -0.148. The van der Waals surface area contributed by atoms with Gasteiger partial charge in [0.05, 0.1) is 16.2 Å². The first-order valence-corrected chi connectivity index (χ1v) is 23.5. The highest BCUT2D eigenvalue weighted by Gasteiger charge is 2.62. The Morgan fingerprint density at radius 1 is 0.531 bits per heavy atom. The second kappa shape index (κ2) is 22.3. The summed E-state index contributed by atoms with van der Waals surface area (Å²) in [7, 11) is 0. The summed E-state index contributed by atoms with van der Waals surface area (Å²) < 4.78 is 6.44. The first-order chi connectivity index (χ1) is 30.1. The molecule has 4 rings (SSSR count). The van der Waals surface area contributed by atoms with Crippen molar-refractivity contribution < 1.29 is 69.9 Å². The van der Waals surface area contributed by atoms with Crippen LogP contribution in [0.25, 0.3) is 0 Å². The average Bonchev–Trinajstić information content (AvgIpc) is 4.15. The van der Waals surface area contributed by atoms with Crippen LogP contribution in [0.5, 0.6) is 34.5 Å². The number of carbonyl (C=O) groups is 4. The van der Waals surface area contributed by atoms with Crippen molar-refractivity contribution in [3.8, 4) is 34.5 Å². The lowest BCUT2D eigenvalue weighted by Crippen LogP contribution is -2.23. The van der Waals surface area contributed by atoms with Crippen LogP contribution in [-0.4, -0.2) is 75.9 Å². The summed E-state index contributed by atoms with van der Waals surface area (Å²) in [6.45, 7) is 6.81. The van der Waals surface area contributed by atoms with Gasteiger partial charge in [0, 0.05) is 40.8 Å². The normalized spacial score (nSPS) is 17.8. The van der Waals surface area contributed by atoms with Crippen LogP contribution in [0.1, 0.15) is 185 Å². The largest absolute Gasteiger partial charge is 0.508 e. The molecule has 358 valence electrons. The maximum absolute atomic E-state index is 12.8. The second-order valence-corrected chi connectivity index (χ2v) is 20.1. The highest BCUT2D eigenvalue weighted by Crippen LogP contribution is 2.54. The van der Waals surface area contributed by atoms with Crippen LogP contribution < -0.4 is 4.74 Å². The molecule has 2 saturated carbocycles. The number of hydrogen-bond donors (Lipinski definition) is 9. The highest BCUT2D eigenvalue weighted by molar-refractivity contribution is 5.79. The molecular formula is C50H74O14. The van der Waals surface area contributed by atoms with E-state index in [4.69, 9.17) is 4.74 Å². The van der Waals surface area contributed by atoms with Gasteiger partial charge in [0.2, 0.25) is 0 Å². The van der Waals surface area contributed by atoms with E-state index < -0.39 is 57.4 Å². The fourth-order valence-corrected chi connectivity index (χ4v) is 9.08. The quantitative estimate of drug-likeness (QED) is 0.0188. The molecule has 2 aliphatic carbocycles. The van der Waals surface area contributed by atoms with Gasteiger partial charge in [-0.25, -0.2) is 0 Å². The monoisotopic (exact) mass is 899 g/mol. The van der Waals surface area contributed by atoms with Crippen molar-refractivity contribution in [3.05, 3.63) is 34.4 Å². The van der Waals surface area contributed by atoms with Crippen LogP contribution in [0.3, 0.4) is 0 Å². The van der Waals surface area contributed by atoms with Gasteiger partial charge in [-0.2, -0.15) is 0 Å².